The van der Waals surface area contributed by atoms with Gasteiger partial charge in [0, 0.05) is 12.6 Å². The summed E-state index contributed by atoms with van der Waals surface area (Å²) in [6.45, 7) is 0.0161. The summed E-state index contributed by atoms with van der Waals surface area (Å²) >= 11 is 0. The van der Waals surface area contributed by atoms with E-state index in [0.717, 1.165) is 0 Å². The fourth-order valence-electron chi connectivity index (χ4n) is 3.04. The molecule has 154 valence electrons. The van der Waals surface area contributed by atoms with Crippen molar-refractivity contribution in [1.82, 2.24) is 14.8 Å². The summed E-state index contributed by atoms with van der Waals surface area (Å²) in [5.74, 6) is -1.39. The van der Waals surface area contributed by atoms with Crippen LogP contribution in [0.1, 0.15) is 33.4 Å². The van der Waals surface area contributed by atoms with Crippen LogP contribution >= 0.6 is 0 Å². The maximum Gasteiger partial charge on any atom is 0.248 e. The van der Waals surface area contributed by atoms with E-state index in [1.807, 2.05) is 0 Å². The van der Waals surface area contributed by atoms with E-state index in [1.54, 1.807) is 7.05 Å². The second-order valence-corrected chi connectivity index (χ2v) is 6.59. The first-order valence-corrected chi connectivity index (χ1v) is 8.83. The monoisotopic (exact) mass is 412 g/mol. The predicted molar refractivity (Wildman–Crippen MR) is 102 cm³/mol. The quantitative estimate of drug-likeness (QED) is 0.584. The van der Waals surface area contributed by atoms with Crippen molar-refractivity contribution in [3.8, 4) is 11.5 Å². The highest BCUT2D eigenvalue weighted by molar-refractivity contribution is 5.94. The molecule has 1 aliphatic heterocycles. The number of carbonyl (C=O) groups excluding carboxylic acids is 1. The molecule has 10 heteroatoms. The Morgan fingerprint density at radius 1 is 1.33 bits per heavy atom. The Morgan fingerprint density at radius 3 is 2.70 bits per heavy atom. The van der Waals surface area contributed by atoms with Crippen molar-refractivity contribution in [3.63, 3.8) is 0 Å². The van der Waals surface area contributed by atoms with Crippen LogP contribution in [0.25, 0.3) is 5.76 Å². The van der Waals surface area contributed by atoms with E-state index in [-0.39, 0.29) is 46.6 Å². The molecule has 0 spiro atoms. The van der Waals surface area contributed by atoms with E-state index >= 15 is 0 Å². The molecule has 1 aliphatic rings. The van der Waals surface area contributed by atoms with Gasteiger partial charge in [-0.05, 0) is 29.8 Å². The van der Waals surface area contributed by atoms with Gasteiger partial charge in [0.25, 0.3) is 0 Å². The number of aliphatic hydroxyl groups is 2. The van der Waals surface area contributed by atoms with Crippen LogP contribution in [0.2, 0.25) is 0 Å². The SMILES string of the molecule is Cn1ncnc1C1=C(O)C(O)c2c(OCc3ccc(F)cc3)cc(C(N)=O)cc2O1. The van der Waals surface area contributed by atoms with E-state index in [4.69, 9.17) is 15.2 Å². The van der Waals surface area contributed by atoms with Crippen molar-refractivity contribution in [3.05, 3.63) is 76.8 Å². The number of nitrogens with two attached hydrogens (primary N) is 1. The lowest BCUT2D eigenvalue weighted by Gasteiger charge is -2.26. The minimum atomic E-state index is -1.51. The molecular formula is C20H17FN4O5. The van der Waals surface area contributed by atoms with Gasteiger partial charge in [0.1, 0.15) is 36.4 Å². The molecule has 30 heavy (non-hydrogen) atoms. The number of aryl methyl sites for hydroxylation is 1. The normalized spacial score (nSPS) is 15.5. The van der Waals surface area contributed by atoms with Gasteiger partial charge in [-0.2, -0.15) is 5.10 Å². The second-order valence-electron chi connectivity index (χ2n) is 6.59. The summed E-state index contributed by atoms with van der Waals surface area (Å²) in [7, 11) is 1.59. The second kappa shape index (κ2) is 7.48. The fraction of sp³-hybridized carbons (Fsp3) is 0.150. The van der Waals surface area contributed by atoms with Crippen LogP contribution in [0.3, 0.4) is 0 Å². The van der Waals surface area contributed by atoms with Crippen LogP contribution in [0, 0.1) is 5.82 Å². The number of ether oxygens (including phenoxy) is 2. The molecule has 3 aromatic rings. The van der Waals surface area contributed by atoms with E-state index in [1.165, 1.54) is 47.4 Å². The Labute approximate surface area is 169 Å². The first kappa shape index (κ1) is 19.4. The number of primary amides is 1. The van der Waals surface area contributed by atoms with E-state index < -0.39 is 17.8 Å². The van der Waals surface area contributed by atoms with Crippen LogP contribution in [-0.4, -0.2) is 30.9 Å². The predicted octanol–water partition coefficient (Wildman–Crippen LogP) is 1.98. The number of aliphatic hydroxyl groups excluding tert-OH is 2. The molecule has 4 N–H and O–H groups in total. The maximum atomic E-state index is 13.1. The number of halogens is 1. The minimum Gasteiger partial charge on any atom is -0.506 e. The lowest BCUT2D eigenvalue weighted by atomic mass is 9.99. The first-order valence-electron chi connectivity index (χ1n) is 8.83. The summed E-state index contributed by atoms with van der Waals surface area (Å²) < 4.78 is 26.0. The Balaban J connectivity index is 1.74. The first-order chi connectivity index (χ1) is 14.3. The number of hydrogen-bond donors (Lipinski definition) is 3. The molecule has 4 rings (SSSR count). The number of rotatable bonds is 5. The summed E-state index contributed by atoms with van der Waals surface area (Å²) in [6, 6.07) is 8.33. The average Bonchev–Trinajstić information content (AvgIpc) is 3.15. The Kier molecular flexibility index (Phi) is 4.84. The van der Waals surface area contributed by atoms with Gasteiger partial charge >= 0.3 is 0 Å². The number of hydrogen-bond acceptors (Lipinski definition) is 7. The van der Waals surface area contributed by atoms with E-state index in [0.29, 0.717) is 5.56 Å². The Morgan fingerprint density at radius 2 is 2.07 bits per heavy atom. The molecule has 0 bridgehead atoms. The lowest BCUT2D eigenvalue weighted by molar-refractivity contribution is 0.0998. The van der Waals surface area contributed by atoms with Gasteiger partial charge in [0.15, 0.2) is 11.6 Å². The largest absolute Gasteiger partial charge is 0.506 e. The number of carbonyl (C=O) groups is 1. The Bertz CT molecular complexity index is 1160. The van der Waals surface area contributed by atoms with E-state index in [9.17, 15) is 19.4 Å². The van der Waals surface area contributed by atoms with Gasteiger partial charge in [-0.3, -0.25) is 4.79 Å². The smallest absolute Gasteiger partial charge is 0.248 e. The van der Waals surface area contributed by atoms with Crippen LogP contribution in [0.15, 0.2) is 48.5 Å². The van der Waals surface area contributed by atoms with Gasteiger partial charge in [0.05, 0.1) is 5.56 Å². The molecule has 1 aromatic heterocycles. The highest BCUT2D eigenvalue weighted by atomic mass is 19.1. The summed E-state index contributed by atoms with van der Waals surface area (Å²) in [5, 5.41) is 25.2. The highest BCUT2D eigenvalue weighted by Gasteiger charge is 2.34. The summed E-state index contributed by atoms with van der Waals surface area (Å²) in [4.78, 5) is 15.8. The van der Waals surface area contributed by atoms with Crippen molar-refractivity contribution < 1.29 is 28.9 Å². The van der Waals surface area contributed by atoms with Crippen LogP contribution in [-0.2, 0) is 13.7 Å². The number of fused-ring (bicyclic) bond motifs is 1. The van der Waals surface area contributed by atoms with Crippen molar-refractivity contribution in [2.24, 2.45) is 12.8 Å². The van der Waals surface area contributed by atoms with Crippen LogP contribution < -0.4 is 15.2 Å². The number of nitrogens with zero attached hydrogens (tertiary/aromatic N) is 3. The summed E-state index contributed by atoms with van der Waals surface area (Å²) in [5.41, 5.74) is 6.26. The third-order valence-corrected chi connectivity index (χ3v) is 4.59. The van der Waals surface area contributed by atoms with E-state index in [2.05, 4.69) is 10.1 Å². The molecule has 0 saturated heterocycles. The maximum absolute atomic E-state index is 13.1. The van der Waals surface area contributed by atoms with Gasteiger partial charge in [0.2, 0.25) is 11.7 Å². The number of aromatic nitrogens is 3. The average molecular weight is 412 g/mol. The van der Waals surface area contributed by atoms with Crippen LogP contribution in [0.4, 0.5) is 4.39 Å². The van der Waals surface area contributed by atoms with Crippen molar-refractivity contribution in [2.45, 2.75) is 12.7 Å². The highest BCUT2D eigenvalue weighted by Crippen LogP contribution is 2.45. The molecule has 2 aromatic carbocycles. The topological polar surface area (TPSA) is 133 Å². The molecule has 0 radical (unpaired) electrons. The zero-order chi connectivity index (χ0) is 21.4. The molecular weight excluding hydrogens is 395 g/mol. The molecule has 0 aliphatic carbocycles. The Hall–Kier alpha value is -3.92. The van der Waals surface area contributed by atoms with Crippen molar-refractivity contribution in [2.75, 3.05) is 0 Å². The van der Waals surface area contributed by atoms with Gasteiger partial charge in [-0.25, -0.2) is 14.1 Å². The standard InChI is InChI=1S/C20H17FN4O5/c1-25-20(23-9-24-25)18-17(27)16(26)15-13(6-11(19(22)28)7-14(15)30-18)29-8-10-2-4-12(21)5-3-10/h2-7,9,16,26-27H,8H2,1H3,(H2,22,28). The van der Waals surface area contributed by atoms with Crippen molar-refractivity contribution in [1.29, 1.82) is 0 Å². The molecule has 1 unspecified atom stereocenters. The molecule has 2 heterocycles. The van der Waals surface area contributed by atoms with Crippen LogP contribution in [0.5, 0.6) is 11.5 Å². The molecule has 0 saturated carbocycles. The lowest BCUT2D eigenvalue weighted by Crippen LogP contribution is -2.20. The third kappa shape index (κ3) is 3.44. The number of benzene rings is 2. The molecule has 1 amide bonds. The van der Waals surface area contributed by atoms with Gasteiger partial charge in [-0.15, -0.1) is 0 Å². The molecule has 1 atom stereocenters. The fourth-order valence-corrected chi connectivity index (χ4v) is 3.04. The molecule has 9 nitrogen and oxygen atoms in total. The third-order valence-electron chi connectivity index (χ3n) is 4.59. The minimum absolute atomic E-state index is 0.0161. The zero-order valence-electron chi connectivity index (χ0n) is 15.7. The van der Waals surface area contributed by atoms with Gasteiger partial charge < -0.3 is 25.4 Å². The number of amides is 1. The zero-order valence-corrected chi connectivity index (χ0v) is 15.7. The van der Waals surface area contributed by atoms with Crippen molar-refractivity contribution >= 4 is 11.7 Å². The van der Waals surface area contributed by atoms with Gasteiger partial charge in [-0.1, -0.05) is 12.1 Å². The summed E-state index contributed by atoms with van der Waals surface area (Å²) in [6.07, 6.45) is -0.247. The molecule has 0 fully saturated rings.